The predicted octanol–water partition coefficient (Wildman–Crippen LogP) is 3.30. The van der Waals surface area contributed by atoms with E-state index in [0.717, 1.165) is 4.67 Å². The summed E-state index contributed by atoms with van der Waals surface area (Å²) in [7, 11) is -4.61. The molecule has 4 nitrogen and oxygen atoms in total. The van der Waals surface area contributed by atoms with E-state index in [1.165, 1.54) is 11.8 Å². The zero-order chi connectivity index (χ0) is 15.4. The van der Waals surface area contributed by atoms with E-state index in [0.29, 0.717) is 11.5 Å². The summed E-state index contributed by atoms with van der Waals surface area (Å²) in [5.41, 5.74) is 0. The Morgan fingerprint density at radius 1 is 0.950 bits per heavy atom. The van der Waals surface area contributed by atoms with Crippen molar-refractivity contribution in [3.05, 3.63) is 0 Å². The molecule has 0 bridgehead atoms. The summed E-state index contributed by atoms with van der Waals surface area (Å²) in [5, 5.41) is 0. The molecule has 0 saturated carbocycles. The molecule has 0 radical (unpaired) electrons. The molecule has 0 spiro atoms. The second-order valence-electron chi connectivity index (χ2n) is 3.81. The number of thioether (sulfide) groups is 1. The van der Waals surface area contributed by atoms with Crippen molar-refractivity contribution in [1.82, 2.24) is 4.67 Å². The molecule has 1 rings (SSSR count). The van der Waals surface area contributed by atoms with Crippen LogP contribution in [0.15, 0.2) is 0 Å². The normalized spacial score (nSPS) is 19.3. The highest BCUT2D eigenvalue weighted by Crippen LogP contribution is 2.54. The van der Waals surface area contributed by atoms with Gasteiger partial charge in [-0.25, -0.2) is 9.24 Å². The molecular formula is C8H12F6NO3PS. The third kappa shape index (κ3) is 6.66. The lowest BCUT2D eigenvalue weighted by Gasteiger charge is -2.32. The number of alkyl halides is 6. The van der Waals surface area contributed by atoms with Crippen LogP contribution < -0.4 is 0 Å². The maximum absolute atomic E-state index is 12.1. The summed E-state index contributed by atoms with van der Waals surface area (Å²) in [4.78, 5) is 0. The first kappa shape index (κ1) is 18.1. The first-order valence-electron chi connectivity index (χ1n) is 5.38. The predicted molar refractivity (Wildman–Crippen MR) is 60.5 cm³/mol. The molecular weight excluding hydrogens is 335 g/mol. The fraction of sp³-hybridized carbons (Fsp3) is 1.00. The smallest absolute Gasteiger partial charge is 0.287 e. The first-order chi connectivity index (χ1) is 9.02. The fourth-order valence-electron chi connectivity index (χ4n) is 1.31. The third-order valence-corrected chi connectivity index (χ3v) is 5.06. The maximum atomic E-state index is 12.1. The SMILES string of the molecule is O=P(OCC(F)(F)F)(OCC(F)(F)F)N1CCSCC1. The Labute approximate surface area is 115 Å². The topological polar surface area (TPSA) is 38.8 Å². The molecule has 1 saturated heterocycles. The van der Waals surface area contributed by atoms with Gasteiger partial charge in [0.25, 0.3) is 0 Å². The van der Waals surface area contributed by atoms with Crippen molar-refractivity contribution in [1.29, 1.82) is 0 Å². The highest BCUT2D eigenvalue weighted by Gasteiger charge is 2.42. The van der Waals surface area contributed by atoms with E-state index in [-0.39, 0.29) is 13.1 Å². The van der Waals surface area contributed by atoms with E-state index in [1.54, 1.807) is 0 Å². The van der Waals surface area contributed by atoms with Gasteiger partial charge in [-0.05, 0) is 0 Å². The number of hydrogen-bond acceptors (Lipinski definition) is 4. The van der Waals surface area contributed by atoms with Gasteiger partial charge in [-0.1, -0.05) is 0 Å². The molecule has 1 fully saturated rings. The minimum atomic E-state index is -4.80. The zero-order valence-electron chi connectivity index (χ0n) is 10.0. The molecule has 20 heavy (non-hydrogen) atoms. The van der Waals surface area contributed by atoms with E-state index in [9.17, 15) is 30.9 Å². The Balaban J connectivity index is 2.73. The molecule has 12 heteroatoms. The Morgan fingerprint density at radius 2 is 1.35 bits per heavy atom. The van der Waals surface area contributed by atoms with Crippen LogP contribution in [-0.4, -0.2) is 54.8 Å². The lowest BCUT2D eigenvalue weighted by molar-refractivity contribution is -0.167. The van der Waals surface area contributed by atoms with Crippen LogP contribution in [0.5, 0.6) is 0 Å². The summed E-state index contributed by atoms with van der Waals surface area (Å²) in [5.74, 6) is 0.851. The Hall–Kier alpha value is 0.0400. The second kappa shape index (κ2) is 6.87. The van der Waals surface area contributed by atoms with E-state index >= 15 is 0 Å². The largest absolute Gasteiger partial charge is 0.412 e. The van der Waals surface area contributed by atoms with Crippen molar-refractivity contribution in [2.45, 2.75) is 12.4 Å². The minimum Gasteiger partial charge on any atom is -0.287 e. The quantitative estimate of drug-likeness (QED) is 0.564. The highest BCUT2D eigenvalue weighted by molar-refractivity contribution is 7.99. The second-order valence-corrected chi connectivity index (χ2v) is 7.06. The molecule has 0 amide bonds. The van der Waals surface area contributed by atoms with Crippen molar-refractivity contribution >= 4 is 19.5 Å². The molecule has 120 valence electrons. The molecule has 1 aliphatic rings. The van der Waals surface area contributed by atoms with Crippen LogP contribution in [0.1, 0.15) is 0 Å². The molecule has 0 aliphatic carbocycles. The molecule has 0 unspecified atom stereocenters. The van der Waals surface area contributed by atoms with Crippen molar-refractivity contribution in [3.63, 3.8) is 0 Å². The van der Waals surface area contributed by atoms with Crippen molar-refractivity contribution < 1.29 is 40.0 Å². The highest BCUT2D eigenvalue weighted by atomic mass is 32.2. The molecule has 1 aliphatic heterocycles. The maximum Gasteiger partial charge on any atom is 0.412 e. The first-order valence-corrected chi connectivity index (χ1v) is 8.03. The number of hydrogen-bond donors (Lipinski definition) is 0. The average molecular weight is 347 g/mol. The molecule has 0 aromatic carbocycles. The molecule has 1 heterocycles. The summed E-state index contributed by atoms with van der Waals surface area (Å²) < 4.78 is 93.8. The lowest BCUT2D eigenvalue weighted by atomic mass is 10.6. The summed E-state index contributed by atoms with van der Waals surface area (Å²) in [6, 6.07) is 0. The van der Waals surface area contributed by atoms with E-state index in [2.05, 4.69) is 9.05 Å². The Bertz CT molecular complexity index is 335. The van der Waals surface area contributed by atoms with Crippen LogP contribution in [0.4, 0.5) is 26.3 Å². The van der Waals surface area contributed by atoms with Crippen LogP contribution in [0.3, 0.4) is 0 Å². The minimum absolute atomic E-state index is 0.0393. The van der Waals surface area contributed by atoms with E-state index in [4.69, 9.17) is 0 Å². The van der Waals surface area contributed by atoms with Crippen molar-refractivity contribution in [2.75, 3.05) is 37.8 Å². The number of rotatable bonds is 5. The van der Waals surface area contributed by atoms with Gasteiger partial charge in [-0.3, -0.25) is 9.05 Å². The van der Waals surface area contributed by atoms with Gasteiger partial charge in [0.05, 0.1) is 0 Å². The molecule has 0 N–H and O–H groups in total. The summed E-state index contributed by atoms with van der Waals surface area (Å²) in [6.45, 7) is -3.77. The standard InChI is InChI=1S/C8H12F6NO3PS/c9-7(10,11)5-17-19(16,18-6-8(12,13)14)15-1-3-20-4-2-15/h1-6H2. The van der Waals surface area contributed by atoms with E-state index < -0.39 is 33.3 Å². The van der Waals surface area contributed by atoms with Gasteiger partial charge < -0.3 is 0 Å². The van der Waals surface area contributed by atoms with Crippen molar-refractivity contribution in [3.8, 4) is 0 Å². The molecule has 0 atom stereocenters. The Kier molecular flexibility index (Phi) is 6.21. The van der Waals surface area contributed by atoms with E-state index in [1.807, 2.05) is 0 Å². The Morgan fingerprint density at radius 3 is 1.70 bits per heavy atom. The van der Waals surface area contributed by atoms with Crippen molar-refractivity contribution in [2.24, 2.45) is 0 Å². The van der Waals surface area contributed by atoms with Gasteiger partial charge in [0.15, 0.2) is 13.2 Å². The van der Waals surface area contributed by atoms with Gasteiger partial charge in [-0.2, -0.15) is 38.1 Å². The van der Waals surface area contributed by atoms with Crippen LogP contribution >= 0.6 is 19.5 Å². The summed E-state index contributed by atoms with van der Waals surface area (Å²) >= 11 is 1.44. The number of halogens is 6. The van der Waals surface area contributed by atoms with Gasteiger partial charge in [-0.15, -0.1) is 0 Å². The molecule has 0 aromatic rings. The van der Waals surface area contributed by atoms with Gasteiger partial charge in [0.1, 0.15) is 0 Å². The van der Waals surface area contributed by atoms with Crippen LogP contribution in [0.2, 0.25) is 0 Å². The third-order valence-electron chi connectivity index (χ3n) is 2.12. The van der Waals surface area contributed by atoms with Gasteiger partial charge >= 0.3 is 20.1 Å². The van der Waals surface area contributed by atoms with Gasteiger partial charge in [0, 0.05) is 24.6 Å². The fourth-order valence-corrected chi connectivity index (χ4v) is 4.19. The number of nitrogens with zero attached hydrogens (tertiary/aromatic N) is 1. The van der Waals surface area contributed by atoms with Crippen LogP contribution in [-0.2, 0) is 13.6 Å². The lowest BCUT2D eigenvalue weighted by Crippen LogP contribution is -2.34. The summed E-state index contributed by atoms with van der Waals surface area (Å²) in [6.07, 6.45) is -9.61. The zero-order valence-corrected chi connectivity index (χ0v) is 11.7. The van der Waals surface area contributed by atoms with Crippen LogP contribution in [0, 0.1) is 0 Å². The molecule has 0 aromatic heterocycles. The van der Waals surface area contributed by atoms with Gasteiger partial charge in [0.2, 0.25) is 0 Å². The van der Waals surface area contributed by atoms with Crippen LogP contribution in [0.25, 0.3) is 0 Å². The average Bonchev–Trinajstić information content (AvgIpc) is 2.33. The monoisotopic (exact) mass is 347 g/mol.